The molecule has 8 rings (SSSR count). The van der Waals surface area contributed by atoms with Crippen LogP contribution in [0.2, 0.25) is 0 Å². The second-order valence-corrected chi connectivity index (χ2v) is 24.9. The lowest BCUT2D eigenvalue weighted by atomic mass is 9.89. The van der Waals surface area contributed by atoms with Crippen molar-refractivity contribution in [3.63, 3.8) is 0 Å². The molecular weight excluding hydrogens is 1200 g/mol. The number of carboxylic acid groups (broad SMARTS) is 1. The number of nitrogens with zero attached hydrogens (tertiary/aromatic N) is 5. The first-order valence-electron chi connectivity index (χ1n) is 26.4. The molecule has 1 saturated heterocycles. The number of H-pyrrole nitrogens is 1. The van der Waals surface area contributed by atoms with Gasteiger partial charge in [0.15, 0.2) is 5.78 Å². The molecule has 1 fully saturated rings. The monoisotopic (exact) mass is 1260 g/mol. The first-order chi connectivity index (χ1) is 41.0. The van der Waals surface area contributed by atoms with Gasteiger partial charge in [0, 0.05) is 116 Å². The third-order valence-corrected chi connectivity index (χ3v) is 18.1. The molecule has 0 bridgehead atoms. The van der Waals surface area contributed by atoms with Crippen LogP contribution in [0.15, 0.2) is 105 Å². The van der Waals surface area contributed by atoms with Crippen molar-refractivity contribution in [2.45, 2.75) is 51.3 Å². The normalized spacial score (nSPS) is 15.5. The van der Waals surface area contributed by atoms with Crippen molar-refractivity contribution in [2.24, 2.45) is 0 Å². The summed E-state index contributed by atoms with van der Waals surface area (Å²) >= 11 is 0. The van der Waals surface area contributed by atoms with E-state index in [0.29, 0.717) is 49.1 Å². The van der Waals surface area contributed by atoms with Crippen molar-refractivity contribution >= 4 is 86.2 Å². The van der Waals surface area contributed by atoms with E-state index in [9.17, 15) is 66.9 Å². The number of rotatable bonds is 22. The number of carbonyl (C=O) groups excluding carboxylic acids is 5. The van der Waals surface area contributed by atoms with E-state index in [1.807, 2.05) is 97.2 Å². The number of benzene rings is 4. The molecule has 1 aliphatic carbocycles. The molecule has 5 aromatic rings. The fourth-order valence-corrected chi connectivity index (χ4v) is 13.2. The second kappa shape index (κ2) is 26.5. The number of carbonyl (C=O) groups is 6. The molecule has 4 amide bonds. The van der Waals surface area contributed by atoms with Crippen LogP contribution in [0, 0.1) is 11.8 Å². The zero-order chi connectivity index (χ0) is 63.3. The molecule has 0 saturated carbocycles. The lowest BCUT2D eigenvalue weighted by Gasteiger charge is -2.20. The van der Waals surface area contributed by atoms with Crippen LogP contribution in [-0.2, 0) is 59.3 Å². The number of anilines is 1. The second-order valence-electron chi connectivity index (χ2n) is 20.1. The molecule has 2 aliphatic heterocycles. The minimum Gasteiger partial charge on any atom is -0.478 e. The average molecular weight is 1260 g/mol. The highest BCUT2D eigenvalue weighted by Gasteiger charge is 2.52. The Bertz CT molecular complexity index is 4300. The minimum absolute atomic E-state index is 0.0132. The van der Waals surface area contributed by atoms with Gasteiger partial charge in [0.1, 0.15) is 43.8 Å². The summed E-state index contributed by atoms with van der Waals surface area (Å²) in [6.07, 6.45) is -0.425. The van der Waals surface area contributed by atoms with Gasteiger partial charge in [-0.05, 0) is 54.4 Å². The Morgan fingerprint density at radius 3 is 2.26 bits per heavy atom. The van der Waals surface area contributed by atoms with E-state index < -0.39 is 82.1 Å². The number of hydrogen-bond donors (Lipinski definition) is 9. The number of aromatic carboxylic acids is 1. The quantitative estimate of drug-likeness (QED) is 0.0155. The van der Waals surface area contributed by atoms with Gasteiger partial charge in [0.2, 0.25) is 28.9 Å². The highest BCUT2D eigenvalue weighted by atomic mass is 31.3. The summed E-state index contributed by atoms with van der Waals surface area (Å²) in [4.78, 5) is 146. The van der Waals surface area contributed by atoms with Crippen LogP contribution in [0.25, 0.3) is 44.3 Å². The Morgan fingerprint density at radius 1 is 0.839 bits per heavy atom. The van der Waals surface area contributed by atoms with E-state index in [0.717, 1.165) is 22.6 Å². The number of amides is 4. The summed E-state index contributed by atoms with van der Waals surface area (Å²) < 4.78 is 58.7. The maximum Gasteiger partial charge on any atom is 0.488 e. The van der Waals surface area contributed by atoms with Crippen molar-refractivity contribution < 1.29 is 84.9 Å². The standard InChI is InChI=1S/C55H58N9O20P3/c1-6-62(48(68)20-19-46(66)56-21-9-10-33-30-64(55(73)59-52(33)70)49-27-43(65)54(82-49)85(74,75)83-87(79,80)84-86(76,77)78)28-34-29-63(42-12-8-7-11-37(34)42)31-47(67)57-22-23-58-51(69)32-13-16-38(41(24-32)53(71)72)50-39-17-14-35(60(2)3)25-44(39)81-45-26-36(61(4)5)15-18-40(45)50/h7-8,11-18,24-26,29-30,49,54H,6,19-23,27-28,31H2,1-5H3,(H8-,56,57,58,59,66,67,69,70,71,72,73,74,75,76,77,78,79,80)/p+1. The molecule has 87 heavy (non-hydrogen) atoms. The molecule has 2 aromatic heterocycles. The number of aromatic amines is 1. The number of nitrogens with one attached hydrogen (secondary N) is 4. The Kier molecular flexibility index (Phi) is 19.6. The minimum atomic E-state index is -5.94. The van der Waals surface area contributed by atoms with Crippen molar-refractivity contribution in [1.82, 2.24) is 39.5 Å². The number of Topliss-reactive ketones (excluding diaryl/α,β-unsaturated/α-hetero) is 1. The smallest absolute Gasteiger partial charge is 0.478 e. The van der Waals surface area contributed by atoms with Gasteiger partial charge in [-0.1, -0.05) is 36.1 Å². The van der Waals surface area contributed by atoms with Gasteiger partial charge in [0.25, 0.3) is 11.5 Å². The average Bonchev–Trinajstić information content (AvgIpc) is 1.48. The first-order valence-corrected chi connectivity index (χ1v) is 31.1. The Morgan fingerprint density at radius 2 is 1.56 bits per heavy atom. The predicted molar refractivity (Wildman–Crippen MR) is 313 cm³/mol. The maximum atomic E-state index is 13.5. The third-order valence-electron chi connectivity index (χ3n) is 13.6. The number of phosphoric acid groups is 2. The first kappa shape index (κ1) is 64.4. The van der Waals surface area contributed by atoms with Crippen LogP contribution in [0.3, 0.4) is 0 Å². The third kappa shape index (κ3) is 15.5. The summed E-state index contributed by atoms with van der Waals surface area (Å²) in [6.45, 7) is 1.73. The van der Waals surface area contributed by atoms with Gasteiger partial charge >= 0.3 is 34.9 Å². The van der Waals surface area contributed by atoms with Gasteiger partial charge in [0.05, 0.1) is 24.6 Å². The van der Waals surface area contributed by atoms with Crippen molar-refractivity contribution in [2.75, 3.05) is 59.3 Å². The lowest BCUT2D eigenvalue weighted by molar-refractivity contribution is -0.134. The molecule has 9 N–H and O–H groups in total. The highest BCUT2D eigenvalue weighted by Crippen LogP contribution is 2.68. The molecule has 3 aromatic carbocycles. The Labute approximate surface area is 493 Å². The zero-order valence-corrected chi connectivity index (χ0v) is 49.8. The Balaban J connectivity index is 0.832. The number of para-hydroxylation sites is 1. The van der Waals surface area contributed by atoms with Crippen molar-refractivity contribution in [3.8, 4) is 34.3 Å². The van der Waals surface area contributed by atoms with E-state index in [2.05, 4.69) is 36.4 Å². The fourth-order valence-electron chi connectivity index (χ4n) is 9.49. The van der Waals surface area contributed by atoms with Crippen LogP contribution in [0.1, 0.15) is 64.3 Å². The van der Waals surface area contributed by atoms with Gasteiger partial charge < -0.3 is 64.2 Å². The molecule has 3 aliphatic rings. The number of fused-ring (bicyclic) bond motifs is 3. The van der Waals surface area contributed by atoms with E-state index in [1.54, 1.807) is 35.9 Å². The molecule has 0 radical (unpaired) electrons. The molecule has 4 heterocycles. The van der Waals surface area contributed by atoms with Crippen LogP contribution in [0.5, 0.6) is 0 Å². The van der Waals surface area contributed by atoms with Gasteiger partial charge in [-0.25, -0.2) is 27.6 Å². The zero-order valence-electron chi connectivity index (χ0n) is 47.1. The molecular formula is C55H59N9O20P3+. The fraction of sp³-hybridized carbons (Fsp3) is 0.291. The molecule has 458 valence electrons. The molecule has 4 atom stereocenters. The van der Waals surface area contributed by atoms with Gasteiger partial charge in [-0.3, -0.25) is 42.9 Å². The van der Waals surface area contributed by atoms with E-state index >= 15 is 0 Å². The molecule has 29 nitrogen and oxygen atoms in total. The van der Waals surface area contributed by atoms with E-state index in [4.69, 9.17) is 18.9 Å². The topological polar surface area (TPSA) is 401 Å². The largest absolute Gasteiger partial charge is 0.488 e. The summed E-state index contributed by atoms with van der Waals surface area (Å²) in [5.74, 6) is -1.44. The van der Waals surface area contributed by atoms with Crippen LogP contribution < -0.4 is 42.0 Å². The van der Waals surface area contributed by atoms with E-state index in [-0.39, 0.29) is 75.1 Å². The molecule has 32 heteroatoms. The lowest BCUT2D eigenvalue weighted by Crippen LogP contribution is -2.36. The Hall–Kier alpha value is -8.64. The number of aromatic nitrogens is 3. The predicted octanol–water partition coefficient (Wildman–Crippen LogP) is 2.87. The summed E-state index contributed by atoms with van der Waals surface area (Å²) in [5.41, 5.74) is 1.95. The number of ketones is 1. The highest BCUT2D eigenvalue weighted by molar-refractivity contribution is 7.68. The van der Waals surface area contributed by atoms with Crippen LogP contribution in [0.4, 0.5) is 5.69 Å². The number of carboxylic acids is 1. The SMILES string of the molecule is CCN(Cc1cn(CC(=O)NCCNC(=O)c2ccc(-c3c4ccc(=[N+](C)C)cc-4oc4cc(N(C)C)ccc34)c(C(=O)O)c2)c2ccccc12)C(=O)CCC(=O)NCC#Cc1cn(C2CC(=O)C(P(=O)(O)OP(=O)(O)OP(=O)(O)O)O2)c(=O)[nH]c1=O. The maximum absolute atomic E-state index is 13.5. The van der Waals surface area contributed by atoms with Crippen LogP contribution >= 0.6 is 23.2 Å². The molecule has 4 unspecified atom stereocenters. The molecule has 0 spiro atoms. The van der Waals surface area contributed by atoms with Crippen molar-refractivity contribution in [1.29, 1.82) is 0 Å². The summed E-state index contributed by atoms with van der Waals surface area (Å²) in [5, 5.41) is 20.9. The summed E-state index contributed by atoms with van der Waals surface area (Å²) in [6, 6.07) is 23.1. The van der Waals surface area contributed by atoms with Crippen LogP contribution in [-0.4, -0.2) is 139 Å². The van der Waals surface area contributed by atoms with Crippen molar-refractivity contribution in [3.05, 3.63) is 140 Å². The van der Waals surface area contributed by atoms with E-state index in [1.165, 1.54) is 11.0 Å². The van der Waals surface area contributed by atoms with Gasteiger partial charge in [-0.15, -0.1) is 0 Å². The number of ether oxygens (including phenoxy) is 1. The summed E-state index contributed by atoms with van der Waals surface area (Å²) in [7, 11) is -9.72. The van der Waals surface area contributed by atoms with Gasteiger partial charge in [-0.2, -0.15) is 4.31 Å². The number of hydrogen-bond acceptors (Lipinski definition) is 16.